The van der Waals surface area contributed by atoms with Crippen molar-refractivity contribution in [1.82, 2.24) is 0 Å². The van der Waals surface area contributed by atoms with Crippen molar-refractivity contribution in [2.45, 2.75) is 6.92 Å². The zero-order chi connectivity index (χ0) is 11.3. The highest BCUT2D eigenvalue weighted by molar-refractivity contribution is 14.1. The number of hydrogen-bond acceptors (Lipinski definition) is 2. The molecule has 1 N–H and O–H groups in total. The van der Waals surface area contributed by atoms with Crippen LogP contribution in [0, 0.1) is 3.57 Å². The summed E-state index contributed by atoms with van der Waals surface area (Å²) in [6.45, 7) is 2.46. The van der Waals surface area contributed by atoms with Crippen LogP contribution in [0.1, 0.15) is 6.92 Å². The quantitative estimate of drug-likeness (QED) is 0.857. The van der Waals surface area contributed by atoms with E-state index in [0.29, 0.717) is 11.6 Å². The summed E-state index contributed by atoms with van der Waals surface area (Å²) in [6.07, 6.45) is 0. The Balaban J connectivity index is 2.60. The van der Waals surface area contributed by atoms with Crippen molar-refractivity contribution >= 4 is 45.8 Å². The van der Waals surface area contributed by atoms with Crippen molar-refractivity contribution in [2.24, 2.45) is 0 Å². The summed E-state index contributed by atoms with van der Waals surface area (Å²) in [6, 6.07) is 5.30. The Morgan fingerprint density at radius 2 is 2.33 bits per heavy atom. The largest absolute Gasteiger partial charge is 0.372 e. The third kappa shape index (κ3) is 4.36. The van der Waals surface area contributed by atoms with Crippen LogP contribution in [0.2, 0.25) is 5.02 Å². The van der Waals surface area contributed by atoms with Gasteiger partial charge in [0.1, 0.15) is 6.61 Å². The molecule has 0 aliphatic carbocycles. The normalized spacial score (nSPS) is 10.1. The number of carbonyl (C=O) groups excluding carboxylic acids is 1. The van der Waals surface area contributed by atoms with Gasteiger partial charge in [0.2, 0.25) is 5.91 Å². The highest BCUT2D eigenvalue weighted by Crippen LogP contribution is 2.22. The van der Waals surface area contributed by atoms with Gasteiger partial charge in [-0.1, -0.05) is 11.6 Å². The molecule has 0 spiro atoms. The van der Waals surface area contributed by atoms with Crippen LogP contribution in [-0.2, 0) is 9.53 Å². The van der Waals surface area contributed by atoms with Crippen molar-refractivity contribution in [1.29, 1.82) is 0 Å². The molecular formula is C10H11ClINO2. The molecule has 3 nitrogen and oxygen atoms in total. The summed E-state index contributed by atoms with van der Waals surface area (Å²) < 4.78 is 5.90. The van der Waals surface area contributed by atoms with E-state index >= 15 is 0 Å². The Morgan fingerprint density at radius 3 is 2.93 bits per heavy atom. The Bertz CT molecular complexity index is 357. The molecule has 0 radical (unpaired) electrons. The first-order valence-electron chi connectivity index (χ1n) is 4.46. The lowest BCUT2D eigenvalue weighted by Crippen LogP contribution is -2.18. The first-order valence-corrected chi connectivity index (χ1v) is 5.91. The average Bonchev–Trinajstić information content (AvgIpc) is 2.19. The number of benzene rings is 1. The molecule has 0 saturated carbocycles. The van der Waals surface area contributed by atoms with E-state index in [1.165, 1.54) is 0 Å². The van der Waals surface area contributed by atoms with Crippen LogP contribution in [0.5, 0.6) is 0 Å². The Hall–Kier alpha value is -0.330. The molecule has 0 bridgehead atoms. The summed E-state index contributed by atoms with van der Waals surface area (Å²) in [4.78, 5) is 11.3. The van der Waals surface area contributed by atoms with Gasteiger partial charge in [0.25, 0.3) is 0 Å². The third-order valence-electron chi connectivity index (χ3n) is 1.64. The van der Waals surface area contributed by atoms with Gasteiger partial charge in [-0.15, -0.1) is 0 Å². The van der Waals surface area contributed by atoms with Crippen LogP contribution in [0.15, 0.2) is 18.2 Å². The van der Waals surface area contributed by atoms with E-state index in [0.717, 1.165) is 9.26 Å². The minimum atomic E-state index is -0.155. The van der Waals surface area contributed by atoms with E-state index in [-0.39, 0.29) is 12.5 Å². The van der Waals surface area contributed by atoms with Crippen LogP contribution in [-0.4, -0.2) is 19.1 Å². The maximum atomic E-state index is 11.3. The molecule has 1 rings (SSSR count). The molecule has 5 heteroatoms. The number of hydrogen-bond donors (Lipinski definition) is 1. The van der Waals surface area contributed by atoms with Gasteiger partial charge < -0.3 is 10.1 Å². The minimum absolute atomic E-state index is 0.0786. The first-order chi connectivity index (χ1) is 7.13. The van der Waals surface area contributed by atoms with Crippen molar-refractivity contribution in [3.63, 3.8) is 0 Å². The lowest BCUT2D eigenvalue weighted by atomic mass is 10.3. The maximum absolute atomic E-state index is 11.3. The van der Waals surface area contributed by atoms with E-state index < -0.39 is 0 Å². The maximum Gasteiger partial charge on any atom is 0.250 e. The predicted molar refractivity (Wildman–Crippen MR) is 69.3 cm³/mol. The molecule has 15 heavy (non-hydrogen) atoms. The van der Waals surface area contributed by atoms with Crippen LogP contribution in [0.3, 0.4) is 0 Å². The fourth-order valence-corrected chi connectivity index (χ4v) is 1.98. The first kappa shape index (κ1) is 12.7. The molecule has 1 aromatic rings. The van der Waals surface area contributed by atoms with Gasteiger partial charge in [0.05, 0.1) is 5.69 Å². The zero-order valence-electron chi connectivity index (χ0n) is 8.22. The number of rotatable bonds is 4. The Labute approximate surface area is 107 Å². The number of ether oxygens (including phenoxy) is 1. The van der Waals surface area contributed by atoms with Gasteiger partial charge in [-0.05, 0) is 47.7 Å². The summed E-state index contributed by atoms with van der Waals surface area (Å²) >= 11 is 7.91. The van der Waals surface area contributed by atoms with Gasteiger partial charge in [-0.2, -0.15) is 0 Å². The minimum Gasteiger partial charge on any atom is -0.372 e. The smallest absolute Gasteiger partial charge is 0.250 e. The standard InChI is InChI=1S/C10H11ClINO2/c1-2-15-6-10(14)13-9-4-3-7(11)5-8(9)12/h3-5H,2,6H2,1H3,(H,13,14). The molecule has 0 aliphatic heterocycles. The van der Waals surface area contributed by atoms with Crippen molar-refractivity contribution in [3.05, 3.63) is 26.8 Å². The molecule has 0 aliphatic rings. The number of anilines is 1. The second-order valence-corrected chi connectivity index (χ2v) is 4.41. The van der Waals surface area contributed by atoms with E-state index in [1.54, 1.807) is 18.2 Å². The Morgan fingerprint density at radius 1 is 1.60 bits per heavy atom. The van der Waals surface area contributed by atoms with E-state index in [2.05, 4.69) is 27.9 Å². The monoisotopic (exact) mass is 339 g/mol. The van der Waals surface area contributed by atoms with Gasteiger partial charge in [0, 0.05) is 15.2 Å². The fourth-order valence-electron chi connectivity index (χ4n) is 0.972. The van der Waals surface area contributed by atoms with E-state index in [1.807, 2.05) is 6.92 Å². The molecule has 1 aromatic carbocycles. The summed E-state index contributed by atoms with van der Waals surface area (Å²) in [5, 5.41) is 3.40. The summed E-state index contributed by atoms with van der Waals surface area (Å²) in [5.41, 5.74) is 0.754. The van der Waals surface area contributed by atoms with Gasteiger partial charge in [0.15, 0.2) is 0 Å². The molecule has 1 amide bonds. The molecule has 0 aromatic heterocycles. The molecule has 82 valence electrons. The van der Waals surface area contributed by atoms with Crippen LogP contribution < -0.4 is 5.32 Å². The van der Waals surface area contributed by atoms with E-state index in [9.17, 15) is 4.79 Å². The molecule has 0 fully saturated rings. The van der Waals surface area contributed by atoms with Crippen molar-refractivity contribution in [2.75, 3.05) is 18.5 Å². The topological polar surface area (TPSA) is 38.3 Å². The number of amides is 1. The molecule has 0 saturated heterocycles. The third-order valence-corrected chi connectivity index (χ3v) is 2.77. The van der Waals surface area contributed by atoms with Gasteiger partial charge >= 0.3 is 0 Å². The second kappa shape index (κ2) is 6.30. The molecule has 0 heterocycles. The molecule has 0 atom stereocenters. The number of nitrogens with one attached hydrogen (secondary N) is 1. The van der Waals surface area contributed by atoms with Crippen LogP contribution >= 0.6 is 34.2 Å². The molecular weight excluding hydrogens is 328 g/mol. The second-order valence-electron chi connectivity index (χ2n) is 2.81. The van der Waals surface area contributed by atoms with Gasteiger partial charge in [-0.3, -0.25) is 4.79 Å². The highest BCUT2D eigenvalue weighted by atomic mass is 127. The van der Waals surface area contributed by atoms with Crippen LogP contribution in [0.4, 0.5) is 5.69 Å². The van der Waals surface area contributed by atoms with Crippen molar-refractivity contribution in [3.8, 4) is 0 Å². The van der Waals surface area contributed by atoms with E-state index in [4.69, 9.17) is 16.3 Å². The number of carbonyl (C=O) groups is 1. The predicted octanol–water partition coefficient (Wildman–Crippen LogP) is 2.92. The van der Waals surface area contributed by atoms with Gasteiger partial charge in [-0.25, -0.2) is 0 Å². The highest BCUT2D eigenvalue weighted by Gasteiger charge is 2.05. The average molecular weight is 340 g/mol. The lowest BCUT2D eigenvalue weighted by Gasteiger charge is -2.07. The summed E-state index contributed by atoms with van der Waals surface area (Å²) in [7, 11) is 0. The fraction of sp³-hybridized carbons (Fsp3) is 0.300. The number of halogens is 2. The zero-order valence-corrected chi connectivity index (χ0v) is 11.1. The summed E-state index contributed by atoms with van der Waals surface area (Å²) in [5.74, 6) is -0.155. The SMILES string of the molecule is CCOCC(=O)Nc1ccc(Cl)cc1I. The van der Waals surface area contributed by atoms with Crippen molar-refractivity contribution < 1.29 is 9.53 Å². The lowest BCUT2D eigenvalue weighted by molar-refractivity contribution is -0.120. The van der Waals surface area contributed by atoms with Crippen LogP contribution in [0.25, 0.3) is 0 Å². The molecule has 0 unspecified atom stereocenters. The Kier molecular flexibility index (Phi) is 5.35.